The van der Waals surface area contributed by atoms with Gasteiger partial charge in [0.15, 0.2) is 0 Å². The number of rotatable bonds is 3. The molecule has 0 radical (unpaired) electrons. The Bertz CT molecular complexity index is 335. The topological polar surface area (TPSA) is 26.3 Å². The molecule has 0 N–H and O–H groups in total. The molecule has 0 bridgehead atoms. The Kier molecular flexibility index (Phi) is 3.89. The Balaban J connectivity index is 3.06. The first-order chi connectivity index (χ1) is 7.08. The van der Waals surface area contributed by atoms with Crippen LogP contribution in [0.4, 0.5) is 0 Å². The highest BCUT2D eigenvalue weighted by molar-refractivity contribution is 5.78. The molecule has 0 saturated heterocycles. The highest BCUT2D eigenvalue weighted by atomic mass is 16.5. The van der Waals surface area contributed by atoms with Crippen molar-refractivity contribution < 1.29 is 9.53 Å². The number of benzene rings is 1. The zero-order valence-corrected chi connectivity index (χ0v) is 9.83. The van der Waals surface area contributed by atoms with Gasteiger partial charge in [-0.2, -0.15) is 0 Å². The number of carbonyl (C=O) groups is 1. The molecule has 0 aliphatic carbocycles. The van der Waals surface area contributed by atoms with Crippen molar-refractivity contribution in [1.82, 2.24) is 0 Å². The second-order valence-corrected chi connectivity index (χ2v) is 3.91. The first-order valence-corrected chi connectivity index (χ1v) is 5.24. The summed E-state index contributed by atoms with van der Waals surface area (Å²) in [5.41, 5.74) is 3.43. The van der Waals surface area contributed by atoms with Gasteiger partial charge in [0.2, 0.25) is 0 Å². The number of hydrogen-bond acceptors (Lipinski definition) is 2. The summed E-state index contributed by atoms with van der Waals surface area (Å²) in [6.07, 6.45) is 0.773. The molecule has 1 aromatic rings. The zero-order valence-electron chi connectivity index (χ0n) is 9.83. The van der Waals surface area contributed by atoms with Crippen LogP contribution in [0.25, 0.3) is 0 Å². The second-order valence-electron chi connectivity index (χ2n) is 3.91. The number of esters is 1. The van der Waals surface area contributed by atoms with E-state index in [1.54, 1.807) is 0 Å². The van der Waals surface area contributed by atoms with Gasteiger partial charge in [-0.3, -0.25) is 4.79 Å². The molecule has 1 unspecified atom stereocenters. The predicted octanol–water partition coefficient (Wildman–Crippen LogP) is 2.97. The van der Waals surface area contributed by atoms with Crippen molar-refractivity contribution in [3.8, 4) is 0 Å². The van der Waals surface area contributed by atoms with E-state index >= 15 is 0 Å². The van der Waals surface area contributed by atoms with Gasteiger partial charge in [0.1, 0.15) is 0 Å². The average molecular weight is 206 g/mol. The van der Waals surface area contributed by atoms with Crippen LogP contribution in [0, 0.1) is 13.8 Å². The smallest absolute Gasteiger partial charge is 0.313 e. The van der Waals surface area contributed by atoms with Gasteiger partial charge in [-0.15, -0.1) is 0 Å². The zero-order chi connectivity index (χ0) is 11.4. The van der Waals surface area contributed by atoms with Crippen LogP contribution in [0.2, 0.25) is 0 Å². The monoisotopic (exact) mass is 206 g/mol. The Labute approximate surface area is 91.3 Å². The Hall–Kier alpha value is -1.31. The summed E-state index contributed by atoms with van der Waals surface area (Å²) in [7, 11) is 1.44. The fourth-order valence-corrected chi connectivity index (χ4v) is 1.89. The second kappa shape index (κ2) is 4.96. The highest BCUT2D eigenvalue weighted by Crippen LogP contribution is 2.23. The molecule has 0 aromatic heterocycles. The molecule has 1 atom stereocenters. The number of methoxy groups -OCH3 is 1. The van der Waals surface area contributed by atoms with E-state index in [1.807, 2.05) is 20.8 Å². The molecule has 15 heavy (non-hydrogen) atoms. The molecule has 1 rings (SSSR count). The molecule has 0 saturated carbocycles. The van der Waals surface area contributed by atoms with E-state index < -0.39 is 0 Å². The minimum absolute atomic E-state index is 0.131. The van der Waals surface area contributed by atoms with E-state index in [-0.39, 0.29) is 11.9 Å². The summed E-state index contributed by atoms with van der Waals surface area (Å²) in [5.74, 6) is -0.281. The highest BCUT2D eigenvalue weighted by Gasteiger charge is 2.19. The van der Waals surface area contributed by atoms with Crippen LogP contribution < -0.4 is 0 Å². The van der Waals surface area contributed by atoms with Crippen molar-refractivity contribution >= 4 is 5.97 Å². The third kappa shape index (κ3) is 2.82. The molecule has 0 fully saturated rings. The number of aryl methyl sites for hydroxylation is 2. The molecule has 0 heterocycles. The summed E-state index contributed by atoms with van der Waals surface area (Å²) in [6.45, 7) is 6.08. The number of carbonyl (C=O) groups excluding carboxylic acids is 1. The van der Waals surface area contributed by atoms with E-state index in [0.717, 1.165) is 12.0 Å². The van der Waals surface area contributed by atoms with Crippen molar-refractivity contribution in [2.24, 2.45) is 0 Å². The third-order valence-corrected chi connectivity index (χ3v) is 2.54. The van der Waals surface area contributed by atoms with Gasteiger partial charge < -0.3 is 4.74 Å². The van der Waals surface area contributed by atoms with Gasteiger partial charge >= 0.3 is 5.97 Å². The molecular formula is C13H18O2. The van der Waals surface area contributed by atoms with Crippen LogP contribution >= 0.6 is 0 Å². The molecule has 0 spiro atoms. The van der Waals surface area contributed by atoms with Crippen LogP contribution in [-0.2, 0) is 9.53 Å². The third-order valence-electron chi connectivity index (χ3n) is 2.54. The lowest BCUT2D eigenvalue weighted by Gasteiger charge is -2.14. The standard InChI is InChI=1S/C13H18O2/c1-5-12(13(14)15-4)11-7-9(2)6-10(3)8-11/h6-8,12H,5H2,1-4H3. The largest absolute Gasteiger partial charge is 0.469 e. The lowest BCUT2D eigenvalue weighted by atomic mass is 9.93. The SMILES string of the molecule is CCC(C(=O)OC)c1cc(C)cc(C)c1. The quantitative estimate of drug-likeness (QED) is 0.711. The van der Waals surface area contributed by atoms with E-state index in [0.29, 0.717) is 0 Å². The lowest BCUT2D eigenvalue weighted by molar-refractivity contribution is -0.142. The van der Waals surface area contributed by atoms with Gasteiger partial charge in [-0.25, -0.2) is 0 Å². The van der Waals surface area contributed by atoms with Crippen molar-refractivity contribution in [2.75, 3.05) is 7.11 Å². The Morgan fingerprint density at radius 3 is 2.20 bits per heavy atom. The van der Waals surface area contributed by atoms with E-state index in [4.69, 9.17) is 4.74 Å². The fourth-order valence-electron chi connectivity index (χ4n) is 1.89. The summed E-state index contributed by atoms with van der Waals surface area (Å²) >= 11 is 0. The molecular weight excluding hydrogens is 188 g/mol. The van der Waals surface area contributed by atoms with Crippen LogP contribution in [0.15, 0.2) is 18.2 Å². The van der Waals surface area contributed by atoms with Crippen LogP contribution in [0.3, 0.4) is 0 Å². The van der Waals surface area contributed by atoms with Crippen LogP contribution in [0.1, 0.15) is 36.0 Å². The summed E-state index contributed by atoms with van der Waals surface area (Å²) in [4.78, 5) is 11.5. The Morgan fingerprint density at radius 2 is 1.80 bits per heavy atom. The number of ether oxygens (including phenoxy) is 1. The minimum atomic E-state index is -0.150. The van der Waals surface area contributed by atoms with Gasteiger partial charge in [-0.1, -0.05) is 36.2 Å². The van der Waals surface area contributed by atoms with Gasteiger partial charge in [0, 0.05) is 0 Å². The van der Waals surface area contributed by atoms with Crippen molar-refractivity contribution in [2.45, 2.75) is 33.1 Å². The fraction of sp³-hybridized carbons (Fsp3) is 0.462. The first-order valence-electron chi connectivity index (χ1n) is 5.24. The molecule has 2 heteroatoms. The van der Waals surface area contributed by atoms with Crippen molar-refractivity contribution in [1.29, 1.82) is 0 Å². The maximum absolute atomic E-state index is 11.5. The summed E-state index contributed by atoms with van der Waals surface area (Å²) in [5, 5.41) is 0. The maximum Gasteiger partial charge on any atom is 0.313 e. The molecule has 0 aliphatic heterocycles. The predicted molar refractivity (Wildman–Crippen MR) is 61.0 cm³/mol. The van der Waals surface area contributed by atoms with E-state index in [1.165, 1.54) is 18.2 Å². The van der Waals surface area contributed by atoms with Crippen LogP contribution in [-0.4, -0.2) is 13.1 Å². The van der Waals surface area contributed by atoms with Gasteiger partial charge in [0.25, 0.3) is 0 Å². The molecule has 0 amide bonds. The average Bonchev–Trinajstić information content (AvgIpc) is 2.17. The lowest BCUT2D eigenvalue weighted by Crippen LogP contribution is -2.13. The normalized spacial score (nSPS) is 12.3. The summed E-state index contributed by atoms with van der Waals surface area (Å²) < 4.78 is 4.80. The minimum Gasteiger partial charge on any atom is -0.469 e. The first kappa shape index (κ1) is 11.8. The van der Waals surface area contributed by atoms with Gasteiger partial charge in [-0.05, 0) is 25.8 Å². The molecule has 1 aromatic carbocycles. The van der Waals surface area contributed by atoms with Crippen molar-refractivity contribution in [3.63, 3.8) is 0 Å². The van der Waals surface area contributed by atoms with Crippen LogP contribution in [0.5, 0.6) is 0 Å². The van der Waals surface area contributed by atoms with Crippen molar-refractivity contribution in [3.05, 3.63) is 34.9 Å². The molecule has 2 nitrogen and oxygen atoms in total. The molecule has 0 aliphatic rings. The molecule has 82 valence electrons. The number of hydrogen-bond donors (Lipinski definition) is 0. The maximum atomic E-state index is 11.5. The summed E-state index contributed by atoms with van der Waals surface area (Å²) in [6, 6.07) is 6.21. The van der Waals surface area contributed by atoms with Gasteiger partial charge in [0.05, 0.1) is 13.0 Å². The Morgan fingerprint density at radius 1 is 1.27 bits per heavy atom. The van der Waals surface area contributed by atoms with E-state index in [2.05, 4.69) is 18.2 Å². The van der Waals surface area contributed by atoms with E-state index in [9.17, 15) is 4.79 Å².